The van der Waals surface area contributed by atoms with Crippen molar-refractivity contribution in [3.8, 4) is 23.0 Å². The first-order chi connectivity index (χ1) is 19.6. The van der Waals surface area contributed by atoms with Gasteiger partial charge in [-0.15, -0.1) is 0 Å². The molecule has 0 aromatic heterocycles. The van der Waals surface area contributed by atoms with Crippen LogP contribution in [0.5, 0.6) is 23.0 Å². The van der Waals surface area contributed by atoms with E-state index in [4.69, 9.17) is 28.4 Å². The molecule has 2 rings (SSSR count). The highest BCUT2D eigenvalue weighted by atomic mass is 79.9. The molecule has 0 atom stereocenters. The molecule has 0 aliphatic rings. The van der Waals surface area contributed by atoms with Gasteiger partial charge in [0, 0.05) is 0 Å². The van der Waals surface area contributed by atoms with Crippen molar-refractivity contribution in [2.75, 3.05) is 0 Å². The molecule has 0 saturated carbocycles. The van der Waals surface area contributed by atoms with Gasteiger partial charge in [-0.3, -0.25) is 0 Å². The zero-order valence-corrected chi connectivity index (χ0v) is 28.3. The summed E-state index contributed by atoms with van der Waals surface area (Å²) in [7, 11) is 0. The third-order valence-corrected chi connectivity index (χ3v) is 6.14. The van der Waals surface area contributed by atoms with Gasteiger partial charge in [0.1, 0.15) is 38.4 Å². The Kier molecular flexibility index (Phi) is 11.3. The maximum Gasteiger partial charge on any atom is 0.514 e. The molecule has 0 aliphatic heterocycles. The van der Waals surface area contributed by atoms with Gasteiger partial charge >= 0.3 is 12.3 Å². The number of ether oxygens (including phenoxy) is 6. The molecule has 0 bridgehead atoms. The molecule has 234 valence electrons. The molecule has 43 heavy (non-hydrogen) atoms. The number of carbonyl (C=O) groups is 2. The van der Waals surface area contributed by atoms with Gasteiger partial charge in [-0.2, -0.15) is 0 Å². The van der Waals surface area contributed by atoms with Crippen molar-refractivity contribution in [3.05, 3.63) is 71.2 Å². The second kappa shape index (κ2) is 13.7. The Morgan fingerprint density at radius 3 is 1.44 bits per heavy atom. The van der Waals surface area contributed by atoms with Crippen LogP contribution in [0.1, 0.15) is 80.4 Å². The number of halogens is 1. The molecule has 9 heteroatoms. The first-order valence-corrected chi connectivity index (χ1v) is 14.5. The van der Waals surface area contributed by atoms with E-state index < -0.39 is 34.7 Å². The van der Waals surface area contributed by atoms with E-state index in [0.717, 1.165) is 5.56 Å². The van der Waals surface area contributed by atoms with Crippen LogP contribution in [0.4, 0.5) is 9.59 Å². The molecule has 0 spiro atoms. The minimum absolute atomic E-state index is 0.00872. The summed E-state index contributed by atoms with van der Waals surface area (Å²) in [5.74, 6) is 1.08. The number of hydrogen-bond donors (Lipinski definition) is 0. The summed E-state index contributed by atoms with van der Waals surface area (Å²) in [5.41, 5.74) is -1.45. The average molecular weight is 660 g/mol. The van der Waals surface area contributed by atoms with Crippen molar-refractivity contribution in [1.29, 1.82) is 0 Å². The van der Waals surface area contributed by atoms with Crippen molar-refractivity contribution in [2.45, 2.75) is 91.6 Å². The van der Waals surface area contributed by atoms with E-state index in [-0.39, 0.29) is 11.5 Å². The second-order valence-electron chi connectivity index (χ2n) is 12.8. The lowest BCUT2D eigenvalue weighted by Crippen LogP contribution is -2.27. The number of carbonyl (C=O) groups excluding carboxylic acids is 2. The zero-order chi connectivity index (χ0) is 32.8. The summed E-state index contributed by atoms with van der Waals surface area (Å²) in [6.45, 7) is 25.6. The summed E-state index contributed by atoms with van der Waals surface area (Å²) in [6, 6.07) is 8.48. The van der Waals surface area contributed by atoms with Crippen LogP contribution in [0.25, 0.3) is 12.2 Å². The maximum absolute atomic E-state index is 12.5. The van der Waals surface area contributed by atoms with Crippen LogP contribution in [0.15, 0.2) is 60.1 Å². The van der Waals surface area contributed by atoms with E-state index in [1.54, 1.807) is 71.9 Å². The van der Waals surface area contributed by atoms with Crippen LogP contribution in [-0.2, 0) is 9.47 Å². The Morgan fingerprint density at radius 2 is 1.02 bits per heavy atom. The van der Waals surface area contributed by atoms with Crippen LogP contribution in [0.3, 0.4) is 0 Å². The van der Waals surface area contributed by atoms with Crippen LogP contribution >= 0.6 is 15.9 Å². The van der Waals surface area contributed by atoms with E-state index in [2.05, 4.69) is 29.1 Å². The van der Waals surface area contributed by atoms with Crippen LogP contribution < -0.4 is 18.9 Å². The van der Waals surface area contributed by atoms with Crippen LogP contribution in [0, 0.1) is 0 Å². The zero-order valence-electron chi connectivity index (χ0n) is 26.8. The fraction of sp³-hybridized carbons (Fsp3) is 0.412. The summed E-state index contributed by atoms with van der Waals surface area (Å²) in [6.07, 6.45) is 5.17. The smallest absolute Gasteiger partial charge is 0.482 e. The van der Waals surface area contributed by atoms with Gasteiger partial charge < -0.3 is 28.4 Å². The highest BCUT2D eigenvalue weighted by Gasteiger charge is 2.24. The van der Waals surface area contributed by atoms with E-state index in [9.17, 15) is 9.59 Å². The van der Waals surface area contributed by atoms with Gasteiger partial charge in [0.25, 0.3) is 0 Å². The largest absolute Gasteiger partial charge is 0.514 e. The first-order valence-electron chi connectivity index (χ1n) is 13.7. The molecule has 0 N–H and O–H groups in total. The van der Waals surface area contributed by atoms with Crippen LogP contribution in [0.2, 0.25) is 0 Å². The SMILES string of the molecule is C=CC(C)(C)Oc1cc(/C=C/c2ccc(OC(=O)OC(C)(C)C)c(OC(=O)OC(C)(C)C)c2)cc(OC(C)(C)C=C)c1Br. The third-order valence-electron chi connectivity index (χ3n) is 5.36. The van der Waals surface area contributed by atoms with Gasteiger partial charge in [0.05, 0.1) is 0 Å². The van der Waals surface area contributed by atoms with Gasteiger partial charge in [-0.05, 0) is 133 Å². The minimum Gasteiger partial charge on any atom is -0.482 e. The molecule has 0 amide bonds. The summed E-state index contributed by atoms with van der Waals surface area (Å²) in [5, 5.41) is 0. The van der Waals surface area contributed by atoms with Gasteiger partial charge in [-0.1, -0.05) is 31.4 Å². The molecule has 2 aromatic rings. The van der Waals surface area contributed by atoms with Crippen molar-refractivity contribution in [2.24, 2.45) is 0 Å². The maximum atomic E-state index is 12.5. The third kappa shape index (κ3) is 12.2. The fourth-order valence-electron chi connectivity index (χ4n) is 3.19. The Labute approximate surface area is 263 Å². The Balaban J connectivity index is 2.53. The summed E-state index contributed by atoms with van der Waals surface area (Å²) in [4.78, 5) is 24.8. The van der Waals surface area contributed by atoms with Gasteiger partial charge in [0.15, 0.2) is 11.5 Å². The first kappa shape index (κ1) is 35.5. The van der Waals surface area contributed by atoms with Crippen molar-refractivity contribution < 1.29 is 38.0 Å². The number of benzene rings is 2. The minimum atomic E-state index is -0.950. The van der Waals surface area contributed by atoms with E-state index >= 15 is 0 Å². The normalized spacial score (nSPS) is 12.3. The standard InChI is InChI=1S/C34H43BrO8/c1-13-33(9,10)40-26-20-23(21-27(28(26)35)41-34(11,12)14-2)16-15-22-17-18-24(38-29(36)42-31(3,4)5)25(19-22)39-30(37)43-32(6,7)8/h13-21H,1-2H2,3-12H3/b16-15+. The number of rotatable bonds is 10. The molecule has 0 heterocycles. The predicted molar refractivity (Wildman–Crippen MR) is 173 cm³/mol. The summed E-state index contributed by atoms with van der Waals surface area (Å²) < 4.78 is 34.4. The van der Waals surface area contributed by atoms with E-state index in [0.29, 0.717) is 21.5 Å². The Morgan fingerprint density at radius 1 is 0.628 bits per heavy atom. The topological polar surface area (TPSA) is 89.5 Å². The van der Waals surface area contributed by atoms with Crippen molar-refractivity contribution in [3.63, 3.8) is 0 Å². The average Bonchev–Trinajstić information content (AvgIpc) is 2.84. The molecule has 2 aromatic carbocycles. The second-order valence-corrected chi connectivity index (χ2v) is 13.6. The van der Waals surface area contributed by atoms with Gasteiger partial charge in [0.2, 0.25) is 0 Å². The monoisotopic (exact) mass is 658 g/mol. The molecular formula is C34H43BrO8. The Bertz CT molecular complexity index is 1330. The van der Waals surface area contributed by atoms with Crippen molar-refractivity contribution in [1.82, 2.24) is 0 Å². The van der Waals surface area contributed by atoms with Crippen molar-refractivity contribution >= 4 is 40.4 Å². The molecular weight excluding hydrogens is 616 g/mol. The molecule has 8 nitrogen and oxygen atoms in total. The molecule has 0 fully saturated rings. The molecule has 0 saturated heterocycles. The summed E-state index contributed by atoms with van der Waals surface area (Å²) >= 11 is 3.62. The van der Waals surface area contributed by atoms with E-state index in [1.165, 1.54) is 6.07 Å². The van der Waals surface area contributed by atoms with Crippen LogP contribution in [-0.4, -0.2) is 34.7 Å². The lowest BCUT2D eigenvalue weighted by Gasteiger charge is -2.27. The highest BCUT2D eigenvalue weighted by Crippen LogP contribution is 2.40. The molecule has 0 radical (unpaired) electrons. The Hall–Kier alpha value is -3.72. The van der Waals surface area contributed by atoms with Gasteiger partial charge in [-0.25, -0.2) is 9.59 Å². The fourth-order valence-corrected chi connectivity index (χ4v) is 3.58. The van der Waals surface area contributed by atoms with E-state index in [1.807, 2.05) is 45.9 Å². The molecule has 0 unspecified atom stereocenters. The lowest BCUT2D eigenvalue weighted by atomic mass is 10.1. The molecule has 0 aliphatic carbocycles. The lowest BCUT2D eigenvalue weighted by molar-refractivity contribution is 0.0137. The number of hydrogen-bond acceptors (Lipinski definition) is 8. The quantitative estimate of drug-likeness (QED) is 0.108. The predicted octanol–water partition coefficient (Wildman–Crippen LogP) is 9.93. The highest BCUT2D eigenvalue weighted by molar-refractivity contribution is 9.10.